The number of carbonyl (C=O) groups is 3. The highest BCUT2D eigenvalue weighted by molar-refractivity contribution is 5.95. The first-order chi connectivity index (χ1) is 18.6. The third-order valence-electron chi connectivity index (χ3n) is 7.21. The lowest BCUT2D eigenvalue weighted by molar-refractivity contribution is -0.137. The van der Waals surface area contributed by atoms with Gasteiger partial charge in [0, 0.05) is 12.0 Å². The number of halogens is 2. The van der Waals surface area contributed by atoms with Crippen LogP contribution in [0.1, 0.15) is 61.4 Å². The fourth-order valence-electron chi connectivity index (χ4n) is 5.03. The number of rotatable bonds is 7. The highest BCUT2D eigenvalue weighted by atomic mass is 19.1. The predicted octanol–water partition coefficient (Wildman–Crippen LogP) is 3.81. The lowest BCUT2D eigenvalue weighted by Gasteiger charge is -2.36. The van der Waals surface area contributed by atoms with Crippen molar-refractivity contribution in [1.29, 1.82) is 0 Å². The molecule has 4 N–H and O–H groups in total. The number of amides is 3. The second kappa shape index (κ2) is 11.7. The van der Waals surface area contributed by atoms with E-state index in [-0.39, 0.29) is 23.4 Å². The van der Waals surface area contributed by atoms with Crippen LogP contribution in [0.3, 0.4) is 0 Å². The van der Waals surface area contributed by atoms with Gasteiger partial charge in [-0.25, -0.2) is 8.78 Å². The Labute approximate surface area is 225 Å². The monoisotopic (exact) mass is 535 g/mol. The SMILES string of the molecule is C[C@H](NC(=O)[C@H](O)c1cc(F)cc(F)c1)C(=O)N[C@]1(C)C(=O)N[C@@H](c2ccccc2)CC[C@@H]1c1ccccc1. The summed E-state index contributed by atoms with van der Waals surface area (Å²) >= 11 is 0. The molecule has 0 aliphatic carbocycles. The van der Waals surface area contributed by atoms with Crippen LogP contribution in [0, 0.1) is 11.6 Å². The molecule has 1 fully saturated rings. The quantitative estimate of drug-likeness (QED) is 0.369. The van der Waals surface area contributed by atoms with Crippen molar-refractivity contribution >= 4 is 17.7 Å². The van der Waals surface area contributed by atoms with E-state index < -0.39 is 41.1 Å². The van der Waals surface area contributed by atoms with Crippen LogP contribution in [-0.2, 0) is 14.4 Å². The van der Waals surface area contributed by atoms with E-state index in [1.807, 2.05) is 60.7 Å². The fourth-order valence-corrected chi connectivity index (χ4v) is 5.03. The zero-order valence-electron chi connectivity index (χ0n) is 21.7. The molecule has 1 aliphatic rings. The van der Waals surface area contributed by atoms with Gasteiger partial charge in [-0.05, 0) is 55.5 Å². The Hall–Kier alpha value is -4.11. The number of carbonyl (C=O) groups excluding carboxylic acids is 3. The van der Waals surface area contributed by atoms with Crippen molar-refractivity contribution in [2.45, 2.75) is 56.3 Å². The maximum absolute atomic E-state index is 13.7. The van der Waals surface area contributed by atoms with E-state index in [2.05, 4.69) is 16.0 Å². The van der Waals surface area contributed by atoms with Gasteiger partial charge in [0.15, 0.2) is 6.10 Å². The van der Waals surface area contributed by atoms with Crippen molar-refractivity contribution in [3.8, 4) is 0 Å². The van der Waals surface area contributed by atoms with Crippen molar-refractivity contribution in [2.24, 2.45) is 0 Å². The Morgan fingerprint density at radius 1 is 0.923 bits per heavy atom. The highest BCUT2D eigenvalue weighted by Crippen LogP contribution is 2.38. The highest BCUT2D eigenvalue weighted by Gasteiger charge is 2.46. The summed E-state index contributed by atoms with van der Waals surface area (Å²) in [6.45, 7) is 3.05. The average Bonchev–Trinajstić information content (AvgIpc) is 3.04. The normalized spacial score (nSPS) is 22.6. The molecule has 0 aromatic heterocycles. The zero-order valence-corrected chi connectivity index (χ0v) is 21.7. The molecule has 204 valence electrons. The average molecular weight is 536 g/mol. The first kappa shape index (κ1) is 27.9. The molecule has 0 spiro atoms. The number of benzene rings is 3. The van der Waals surface area contributed by atoms with E-state index in [1.165, 1.54) is 6.92 Å². The van der Waals surface area contributed by atoms with Gasteiger partial charge in [-0.15, -0.1) is 0 Å². The summed E-state index contributed by atoms with van der Waals surface area (Å²) in [7, 11) is 0. The lowest BCUT2D eigenvalue weighted by atomic mass is 9.77. The third kappa shape index (κ3) is 6.31. The largest absolute Gasteiger partial charge is 0.378 e. The maximum Gasteiger partial charge on any atom is 0.254 e. The fraction of sp³-hybridized carbons (Fsp3) is 0.300. The van der Waals surface area contributed by atoms with Gasteiger partial charge in [-0.3, -0.25) is 14.4 Å². The minimum absolute atomic E-state index is 0.248. The van der Waals surface area contributed by atoms with E-state index in [1.54, 1.807) is 6.92 Å². The molecule has 0 radical (unpaired) electrons. The standard InChI is InChI=1S/C30H31F2N3O4/c1-18(33-28(38)26(36)21-15-22(31)17-23(32)16-21)27(37)35-30(2)24(19-9-5-3-6-10-19)13-14-25(34-29(30)39)20-11-7-4-8-12-20/h3-12,15-18,24-26,36H,13-14H2,1-2H3,(H,33,38)(H,34,39)(H,35,37)/t18-,24+,25+,26+,30-/m0/s1. The second-order valence-corrected chi connectivity index (χ2v) is 10.0. The molecule has 7 nitrogen and oxygen atoms in total. The number of nitrogens with one attached hydrogen (secondary N) is 3. The topological polar surface area (TPSA) is 108 Å². The van der Waals surface area contributed by atoms with Gasteiger partial charge in [0.2, 0.25) is 11.8 Å². The molecular weight excluding hydrogens is 504 g/mol. The van der Waals surface area contributed by atoms with Crippen LogP contribution in [0.4, 0.5) is 8.78 Å². The van der Waals surface area contributed by atoms with Crippen LogP contribution in [0.25, 0.3) is 0 Å². The van der Waals surface area contributed by atoms with Crippen molar-refractivity contribution < 1.29 is 28.3 Å². The van der Waals surface area contributed by atoms with Crippen LogP contribution < -0.4 is 16.0 Å². The summed E-state index contributed by atoms with van der Waals surface area (Å²) in [6.07, 6.45) is -0.668. The molecule has 3 aromatic carbocycles. The van der Waals surface area contributed by atoms with Crippen LogP contribution >= 0.6 is 0 Å². The summed E-state index contributed by atoms with van der Waals surface area (Å²) < 4.78 is 27.1. The Balaban J connectivity index is 1.54. The van der Waals surface area contributed by atoms with Gasteiger partial charge in [0.05, 0.1) is 6.04 Å². The lowest BCUT2D eigenvalue weighted by Crippen LogP contribution is -2.62. The van der Waals surface area contributed by atoms with Gasteiger partial charge in [-0.1, -0.05) is 60.7 Å². The smallest absolute Gasteiger partial charge is 0.254 e. The Kier molecular flexibility index (Phi) is 8.40. The first-order valence-corrected chi connectivity index (χ1v) is 12.8. The Morgan fingerprint density at radius 3 is 2.08 bits per heavy atom. The molecule has 1 saturated heterocycles. The molecule has 0 bridgehead atoms. The minimum atomic E-state index is -1.90. The third-order valence-corrected chi connectivity index (χ3v) is 7.21. The first-order valence-electron chi connectivity index (χ1n) is 12.8. The van der Waals surface area contributed by atoms with Gasteiger partial charge in [0.1, 0.15) is 23.2 Å². The zero-order chi connectivity index (χ0) is 28.2. The van der Waals surface area contributed by atoms with E-state index in [4.69, 9.17) is 0 Å². The van der Waals surface area contributed by atoms with Crippen LogP contribution in [0.2, 0.25) is 0 Å². The molecular formula is C30H31F2N3O4. The van der Waals surface area contributed by atoms with E-state index >= 15 is 0 Å². The van der Waals surface area contributed by atoms with Crippen LogP contribution in [0.5, 0.6) is 0 Å². The maximum atomic E-state index is 13.7. The van der Waals surface area contributed by atoms with Crippen LogP contribution in [-0.4, -0.2) is 34.4 Å². The number of hydrogen-bond donors (Lipinski definition) is 4. The molecule has 0 unspecified atom stereocenters. The number of aliphatic hydroxyl groups is 1. The molecule has 3 aromatic rings. The van der Waals surface area contributed by atoms with Crippen molar-refractivity contribution in [1.82, 2.24) is 16.0 Å². The molecule has 9 heteroatoms. The summed E-state index contributed by atoms with van der Waals surface area (Å²) in [4.78, 5) is 39.6. The summed E-state index contributed by atoms with van der Waals surface area (Å²) in [5.74, 6) is -4.31. The van der Waals surface area contributed by atoms with Crippen LogP contribution in [0.15, 0.2) is 78.9 Å². The molecule has 3 amide bonds. The minimum Gasteiger partial charge on any atom is -0.378 e. The van der Waals surface area contributed by atoms with E-state index in [9.17, 15) is 28.3 Å². The molecule has 5 atom stereocenters. The molecule has 39 heavy (non-hydrogen) atoms. The molecule has 0 saturated carbocycles. The number of hydrogen-bond acceptors (Lipinski definition) is 4. The number of aliphatic hydroxyl groups excluding tert-OH is 1. The van der Waals surface area contributed by atoms with Crippen molar-refractivity contribution in [3.63, 3.8) is 0 Å². The molecule has 1 heterocycles. The Morgan fingerprint density at radius 2 is 1.49 bits per heavy atom. The van der Waals surface area contributed by atoms with Gasteiger partial charge >= 0.3 is 0 Å². The molecule has 4 rings (SSSR count). The van der Waals surface area contributed by atoms with Crippen molar-refractivity contribution in [3.05, 3.63) is 107 Å². The summed E-state index contributed by atoms with van der Waals surface area (Å²) in [5.41, 5.74) is 0.176. The Bertz CT molecular complexity index is 1320. The summed E-state index contributed by atoms with van der Waals surface area (Å²) in [5, 5.41) is 18.6. The van der Waals surface area contributed by atoms with Gasteiger partial charge < -0.3 is 21.1 Å². The second-order valence-electron chi connectivity index (χ2n) is 10.0. The van der Waals surface area contributed by atoms with E-state index in [0.29, 0.717) is 18.9 Å². The molecule has 1 aliphatic heterocycles. The van der Waals surface area contributed by atoms with Crippen molar-refractivity contribution in [2.75, 3.05) is 0 Å². The van der Waals surface area contributed by atoms with Gasteiger partial charge in [0.25, 0.3) is 5.91 Å². The van der Waals surface area contributed by atoms with Gasteiger partial charge in [-0.2, -0.15) is 0 Å². The predicted molar refractivity (Wildman–Crippen MR) is 141 cm³/mol. The summed E-state index contributed by atoms with van der Waals surface area (Å²) in [6, 6.07) is 19.9. The van der Waals surface area contributed by atoms with E-state index in [0.717, 1.165) is 23.3 Å².